The first kappa shape index (κ1) is 19.5. The number of halogens is 1. The van der Waals surface area contributed by atoms with Gasteiger partial charge >= 0.3 is 6.03 Å². The van der Waals surface area contributed by atoms with Crippen LogP contribution in [0.3, 0.4) is 0 Å². The van der Waals surface area contributed by atoms with E-state index in [9.17, 15) is 9.59 Å². The van der Waals surface area contributed by atoms with Crippen LogP contribution in [0.2, 0.25) is 5.02 Å². The van der Waals surface area contributed by atoms with E-state index in [1.807, 2.05) is 6.07 Å². The third-order valence-electron chi connectivity index (χ3n) is 4.21. The van der Waals surface area contributed by atoms with Crippen molar-refractivity contribution < 1.29 is 9.53 Å². The van der Waals surface area contributed by atoms with Crippen LogP contribution in [0.5, 0.6) is 5.75 Å². The number of pyridine rings is 1. The van der Waals surface area contributed by atoms with Crippen molar-refractivity contribution >= 4 is 34.7 Å². The van der Waals surface area contributed by atoms with Crippen LogP contribution in [0.15, 0.2) is 83.8 Å². The van der Waals surface area contributed by atoms with E-state index >= 15 is 0 Å². The number of ether oxygens (including phenoxy) is 1. The minimum atomic E-state index is -0.383. The second-order valence-corrected chi connectivity index (χ2v) is 6.85. The number of rotatable bonds is 5. The minimum absolute atomic E-state index is 0.155. The first-order valence-electron chi connectivity index (χ1n) is 9.10. The molecule has 0 atom stereocenters. The average Bonchev–Trinajstić information content (AvgIpc) is 2.73. The smallest absolute Gasteiger partial charge is 0.323 e. The van der Waals surface area contributed by atoms with Crippen molar-refractivity contribution in [3.63, 3.8) is 0 Å². The largest absolute Gasteiger partial charge is 0.487 e. The third kappa shape index (κ3) is 4.76. The second-order valence-electron chi connectivity index (χ2n) is 6.42. The molecule has 2 heterocycles. The summed E-state index contributed by atoms with van der Waals surface area (Å²) in [5, 5.41) is 5.98. The highest BCUT2D eigenvalue weighted by Gasteiger charge is 2.05. The molecule has 0 fully saturated rings. The molecule has 0 spiro atoms. The molecule has 0 aliphatic carbocycles. The van der Waals surface area contributed by atoms with Crippen LogP contribution >= 0.6 is 11.6 Å². The molecule has 2 amide bonds. The Morgan fingerprint density at radius 1 is 0.967 bits per heavy atom. The normalized spacial score (nSPS) is 10.6. The van der Waals surface area contributed by atoms with Crippen molar-refractivity contribution in [3.8, 4) is 5.75 Å². The number of amides is 2. The van der Waals surface area contributed by atoms with Crippen LogP contribution < -0.4 is 20.9 Å². The van der Waals surface area contributed by atoms with Gasteiger partial charge in [0, 0.05) is 28.7 Å². The van der Waals surface area contributed by atoms with Crippen molar-refractivity contribution in [2.24, 2.45) is 0 Å². The van der Waals surface area contributed by atoms with Crippen molar-refractivity contribution in [2.45, 2.75) is 6.61 Å². The summed E-state index contributed by atoms with van der Waals surface area (Å²) in [6, 6.07) is 20.2. The van der Waals surface area contributed by atoms with Gasteiger partial charge in [-0.15, -0.1) is 0 Å². The number of anilines is 2. The number of carbonyl (C=O) groups excluding carboxylic acids is 1. The van der Waals surface area contributed by atoms with E-state index in [-0.39, 0.29) is 18.2 Å². The Kier molecular flexibility index (Phi) is 5.63. The Balaban J connectivity index is 1.36. The molecule has 2 aromatic heterocycles. The summed E-state index contributed by atoms with van der Waals surface area (Å²) in [5.41, 5.74) is 2.13. The number of fused-ring (bicyclic) bond motifs is 1. The van der Waals surface area contributed by atoms with E-state index in [1.165, 1.54) is 10.5 Å². The summed E-state index contributed by atoms with van der Waals surface area (Å²) in [6.07, 6.45) is 1.67. The highest BCUT2D eigenvalue weighted by atomic mass is 35.5. The van der Waals surface area contributed by atoms with Crippen molar-refractivity contribution in [2.75, 3.05) is 10.6 Å². The van der Waals surface area contributed by atoms with Crippen LogP contribution in [0, 0.1) is 0 Å². The zero-order valence-corrected chi connectivity index (χ0v) is 16.5. The van der Waals surface area contributed by atoms with Gasteiger partial charge in [-0.2, -0.15) is 0 Å². The first-order valence-corrected chi connectivity index (χ1v) is 9.48. The van der Waals surface area contributed by atoms with Crippen LogP contribution in [0.1, 0.15) is 5.69 Å². The van der Waals surface area contributed by atoms with Gasteiger partial charge in [0.05, 0.1) is 5.69 Å². The molecule has 7 nitrogen and oxygen atoms in total. The topological polar surface area (TPSA) is 84.7 Å². The molecule has 0 aliphatic heterocycles. The number of hydrogen-bond acceptors (Lipinski definition) is 4. The Labute approximate surface area is 176 Å². The first-order chi connectivity index (χ1) is 14.6. The van der Waals surface area contributed by atoms with Crippen molar-refractivity contribution in [1.29, 1.82) is 0 Å². The fourth-order valence-corrected chi connectivity index (χ4v) is 3.02. The molecule has 0 bridgehead atoms. The number of hydrogen-bond donors (Lipinski definition) is 2. The summed E-state index contributed by atoms with van der Waals surface area (Å²) in [7, 11) is 0. The third-order valence-corrected chi connectivity index (χ3v) is 4.44. The second kappa shape index (κ2) is 8.67. The fourth-order valence-electron chi connectivity index (χ4n) is 2.83. The summed E-state index contributed by atoms with van der Waals surface area (Å²) < 4.78 is 7.18. The van der Waals surface area contributed by atoms with Gasteiger partial charge in [-0.05, 0) is 54.6 Å². The molecular weight excluding hydrogens is 404 g/mol. The molecule has 30 heavy (non-hydrogen) atoms. The zero-order chi connectivity index (χ0) is 20.9. The lowest BCUT2D eigenvalue weighted by atomic mass is 10.3. The number of nitrogens with one attached hydrogen (secondary N) is 2. The van der Waals surface area contributed by atoms with Gasteiger partial charge in [0.1, 0.15) is 18.0 Å². The molecular formula is C22H17ClN4O3. The SMILES string of the molecule is O=C(Nc1ccc(OCc2cc(=O)n3ccccc3n2)cc1)Nc1cccc(Cl)c1. The predicted octanol–water partition coefficient (Wildman–Crippen LogP) is 4.57. The monoisotopic (exact) mass is 420 g/mol. The van der Waals surface area contributed by atoms with Crippen molar-refractivity contribution in [1.82, 2.24) is 9.38 Å². The lowest BCUT2D eigenvalue weighted by Gasteiger charge is -2.10. The lowest BCUT2D eigenvalue weighted by molar-refractivity contribution is 0.262. The van der Waals surface area contributed by atoms with Crippen LogP contribution in [0.25, 0.3) is 5.65 Å². The minimum Gasteiger partial charge on any atom is -0.487 e. The lowest BCUT2D eigenvalue weighted by Crippen LogP contribution is -2.19. The maximum absolute atomic E-state index is 12.1. The highest BCUT2D eigenvalue weighted by molar-refractivity contribution is 6.30. The number of aromatic nitrogens is 2. The molecule has 4 aromatic rings. The summed E-state index contributed by atoms with van der Waals surface area (Å²) in [5.74, 6) is 0.589. The highest BCUT2D eigenvalue weighted by Crippen LogP contribution is 2.18. The van der Waals surface area contributed by atoms with Crippen LogP contribution in [-0.2, 0) is 6.61 Å². The molecule has 0 aliphatic rings. The molecule has 0 saturated carbocycles. The Morgan fingerprint density at radius 2 is 1.77 bits per heavy atom. The summed E-state index contributed by atoms with van der Waals surface area (Å²) in [4.78, 5) is 28.6. The molecule has 0 saturated heterocycles. The van der Waals surface area contributed by atoms with Gasteiger partial charge in [-0.1, -0.05) is 23.7 Å². The Hall–Kier alpha value is -3.84. The van der Waals surface area contributed by atoms with Gasteiger partial charge in [-0.25, -0.2) is 9.78 Å². The van der Waals surface area contributed by atoms with Gasteiger partial charge in [0.15, 0.2) is 0 Å². The van der Waals surface area contributed by atoms with Crippen LogP contribution in [-0.4, -0.2) is 15.4 Å². The molecule has 0 radical (unpaired) electrons. The van der Waals surface area contributed by atoms with Crippen LogP contribution in [0.4, 0.5) is 16.2 Å². The van der Waals surface area contributed by atoms with E-state index in [2.05, 4.69) is 15.6 Å². The molecule has 2 N–H and O–H groups in total. The zero-order valence-electron chi connectivity index (χ0n) is 15.7. The molecule has 8 heteroatoms. The summed E-state index contributed by atoms with van der Waals surface area (Å²) >= 11 is 5.91. The van der Waals surface area contributed by atoms with E-state index < -0.39 is 0 Å². The molecule has 4 rings (SSSR count). The van der Waals surface area contributed by atoms with Gasteiger partial charge in [0.2, 0.25) is 0 Å². The number of benzene rings is 2. The standard InChI is InChI=1S/C22H17ClN4O3/c23-15-4-3-5-17(12-15)26-22(29)25-16-7-9-19(10-8-16)30-14-18-13-21(28)27-11-2-1-6-20(27)24-18/h1-13H,14H2,(H2,25,26,29). The van der Waals surface area contributed by atoms with E-state index in [0.717, 1.165) is 0 Å². The maximum Gasteiger partial charge on any atom is 0.323 e. The predicted molar refractivity (Wildman–Crippen MR) is 116 cm³/mol. The number of carbonyl (C=O) groups is 1. The average molecular weight is 421 g/mol. The van der Waals surface area contributed by atoms with E-state index in [4.69, 9.17) is 16.3 Å². The van der Waals surface area contributed by atoms with Gasteiger partial charge < -0.3 is 15.4 Å². The van der Waals surface area contributed by atoms with Crippen molar-refractivity contribution in [3.05, 3.63) is 100 Å². The molecule has 2 aromatic carbocycles. The maximum atomic E-state index is 12.1. The summed E-state index contributed by atoms with van der Waals surface area (Å²) in [6.45, 7) is 0.155. The number of urea groups is 1. The van der Waals surface area contributed by atoms with Gasteiger partial charge in [0.25, 0.3) is 5.56 Å². The number of nitrogens with zero attached hydrogens (tertiary/aromatic N) is 2. The fraction of sp³-hybridized carbons (Fsp3) is 0.0455. The Morgan fingerprint density at radius 3 is 2.57 bits per heavy atom. The quantitative estimate of drug-likeness (QED) is 0.495. The van der Waals surface area contributed by atoms with E-state index in [0.29, 0.717) is 33.5 Å². The Bertz CT molecular complexity index is 1260. The molecule has 150 valence electrons. The van der Waals surface area contributed by atoms with Gasteiger partial charge in [-0.3, -0.25) is 9.20 Å². The van der Waals surface area contributed by atoms with E-state index in [1.54, 1.807) is 66.9 Å². The molecule has 0 unspecified atom stereocenters.